The van der Waals surface area contributed by atoms with E-state index < -0.39 is 15.6 Å². The summed E-state index contributed by atoms with van der Waals surface area (Å²) >= 11 is 0. The van der Waals surface area contributed by atoms with Crippen molar-refractivity contribution in [2.45, 2.75) is 57.0 Å². The summed E-state index contributed by atoms with van der Waals surface area (Å²) in [6.45, 7) is 7.04. The summed E-state index contributed by atoms with van der Waals surface area (Å²) in [6, 6.07) is 11.3. The van der Waals surface area contributed by atoms with E-state index in [4.69, 9.17) is 9.47 Å². The molecule has 1 aliphatic heterocycles. The molecule has 2 aromatic rings. The Morgan fingerprint density at radius 2 is 1.76 bits per heavy atom. The quantitative estimate of drug-likeness (QED) is 0.435. The van der Waals surface area contributed by atoms with Gasteiger partial charge in [-0.2, -0.15) is 4.31 Å². The van der Waals surface area contributed by atoms with E-state index in [0.717, 1.165) is 24.0 Å². The molecular formula is C29H40N2O6S. The minimum atomic E-state index is -3.75. The van der Waals surface area contributed by atoms with Gasteiger partial charge < -0.3 is 19.5 Å². The van der Waals surface area contributed by atoms with Crippen LogP contribution in [0.1, 0.15) is 47.9 Å². The summed E-state index contributed by atoms with van der Waals surface area (Å²) in [5.74, 6) is 0.895. The van der Waals surface area contributed by atoms with Crippen LogP contribution in [0.4, 0.5) is 0 Å². The number of carbonyl (C=O) groups excluding carboxylic acids is 1. The monoisotopic (exact) mass is 544 g/mol. The van der Waals surface area contributed by atoms with Gasteiger partial charge in [-0.05, 0) is 80.7 Å². The lowest BCUT2D eigenvalue weighted by atomic mass is 9.84. The van der Waals surface area contributed by atoms with E-state index in [9.17, 15) is 18.3 Å². The van der Waals surface area contributed by atoms with Gasteiger partial charge in [-0.25, -0.2) is 8.42 Å². The molecule has 208 valence electrons. The number of sulfonamides is 1. The summed E-state index contributed by atoms with van der Waals surface area (Å²) in [4.78, 5) is 14.8. The number of benzene rings is 2. The largest absolute Gasteiger partial charge is 0.496 e. The fourth-order valence-corrected chi connectivity index (χ4v) is 7.22. The molecule has 0 bridgehead atoms. The lowest BCUT2D eigenvalue weighted by Gasteiger charge is -2.38. The Morgan fingerprint density at radius 1 is 1.11 bits per heavy atom. The summed E-state index contributed by atoms with van der Waals surface area (Å²) in [6.07, 6.45) is 2.98. The summed E-state index contributed by atoms with van der Waals surface area (Å²) in [5.41, 5.74) is 2.11. The first-order chi connectivity index (χ1) is 18.1. The minimum Gasteiger partial charge on any atom is -0.496 e. The van der Waals surface area contributed by atoms with E-state index in [-0.39, 0.29) is 25.7 Å². The number of aryl methyl sites for hydroxylation is 1. The highest BCUT2D eigenvalue weighted by Crippen LogP contribution is 2.36. The number of methoxy groups -OCH3 is 1. The molecule has 1 saturated heterocycles. The van der Waals surface area contributed by atoms with Crippen LogP contribution in [0.5, 0.6) is 5.75 Å². The molecule has 0 radical (unpaired) electrons. The van der Waals surface area contributed by atoms with Crippen LogP contribution in [-0.2, 0) is 25.2 Å². The van der Waals surface area contributed by atoms with E-state index in [0.29, 0.717) is 60.2 Å². The average molecular weight is 545 g/mol. The number of nitrogens with zero attached hydrogens (tertiary/aromatic N) is 2. The van der Waals surface area contributed by atoms with Crippen LogP contribution >= 0.6 is 0 Å². The molecule has 1 N–H and O–H groups in total. The Morgan fingerprint density at radius 3 is 2.37 bits per heavy atom. The zero-order valence-corrected chi connectivity index (χ0v) is 23.7. The number of piperidine rings is 1. The van der Waals surface area contributed by atoms with Crippen molar-refractivity contribution < 1.29 is 27.8 Å². The van der Waals surface area contributed by atoms with Gasteiger partial charge in [0.05, 0.1) is 24.2 Å². The maximum absolute atomic E-state index is 13.8. The molecule has 2 fully saturated rings. The average Bonchev–Trinajstić information content (AvgIpc) is 3.73. The number of hydrogen-bond acceptors (Lipinski definition) is 6. The van der Waals surface area contributed by atoms with Crippen LogP contribution in [0, 0.1) is 26.7 Å². The van der Waals surface area contributed by atoms with Crippen molar-refractivity contribution in [2.75, 3.05) is 46.5 Å². The molecule has 0 aromatic heterocycles. The van der Waals surface area contributed by atoms with Crippen LogP contribution in [0.25, 0.3) is 0 Å². The predicted molar refractivity (Wildman–Crippen MR) is 146 cm³/mol. The van der Waals surface area contributed by atoms with Crippen LogP contribution in [0.2, 0.25) is 0 Å². The molecule has 9 heteroatoms. The van der Waals surface area contributed by atoms with E-state index in [1.807, 2.05) is 44.2 Å². The number of carbonyl (C=O) groups is 1. The summed E-state index contributed by atoms with van der Waals surface area (Å²) in [7, 11) is -2.17. The van der Waals surface area contributed by atoms with Crippen LogP contribution in [0.3, 0.4) is 0 Å². The minimum absolute atomic E-state index is 0.110. The van der Waals surface area contributed by atoms with Crippen molar-refractivity contribution in [2.24, 2.45) is 5.92 Å². The van der Waals surface area contributed by atoms with Crippen LogP contribution in [-0.4, -0.2) is 75.1 Å². The Bertz CT molecular complexity index is 1240. The van der Waals surface area contributed by atoms with Crippen LogP contribution < -0.4 is 4.74 Å². The van der Waals surface area contributed by atoms with Crippen molar-refractivity contribution in [3.05, 3.63) is 58.7 Å². The van der Waals surface area contributed by atoms with Crippen molar-refractivity contribution in [3.8, 4) is 5.75 Å². The highest BCUT2D eigenvalue weighted by molar-refractivity contribution is 7.89. The number of hydrogen-bond donors (Lipinski definition) is 1. The molecule has 2 aliphatic rings. The highest BCUT2D eigenvalue weighted by Gasteiger charge is 2.36. The number of ether oxygens (including phenoxy) is 2. The summed E-state index contributed by atoms with van der Waals surface area (Å²) < 4.78 is 40.2. The lowest BCUT2D eigenvalue weighted by molar-refractivity contribution is -0.140. The first kappa shape index (κ1) is 28.5. The number of amides is 1. The molecule has 1 heterocycles. The molecule has 1 amide bonds. The van der Waals surface area contributed by atoms with Gasteiger partial charge in [-0.15, -0.1) is 0 Å². The van der Waals surface area contributed by atoms with Gasteiger partial charge in [0, 0.05) is 26.2 Å². The molecule has 0 atom stereocenters. The predicted octanol–water partition coefficient (Wildman–Crippen LogP) is 3.55. The van der Waals surface area contributed by atoms with E-state index in [1.54, 1.807) is 25.0 Å². The molecule has 8 nitrogen and oxygen atoms in total. The molecular weight excluding hydrogens is 504 g/mol. The van der Waals surface area contributed by atoms with Gasteiger partial charge in [0.2, 0.25) is 15.9 Å². The molecule has 0 unspecified atom stereocenters. The second kappa shape index (κ2) is 11.7. The maximum atomic E-state index is 13.8. The number of rotatable bonds is 11. The molecule has 1 aliphatic carbocycles. The molecule has 2 aromatic carbocycles. The smallest absolute Gasteiger partial charge is 0.248 e. The second-order valence-electron chi connectivity index (χ2n) is 10.6. The Kier molecular flexibility index (Phi) is 8.82. The number of likely N-dealkylation sites (tertiary alicyclic amines) is 1. The normalized spacial score (nSPS) is 17.6. The second-order valence-corrected chi connectivity index (χ2v) is 12.5. The van der Waals surface area contributed by atoms with Crippen molar-refractivity contribution in [1.29, 1.82) is 0 Å². The molecule has 1 saturated carbocycles. The molecule has 38 heavy (non-hydrogen) atoms. The van der Waals surface area contributed by atoms with Gasteiger partial charge >= 0.3 is 0 Å². The van der Waals surface area contributed by atoms with Gasteiger partial charge in [0.15, 0.2) is 0 Å². The van der Waals surface area contributed by atoms with Gasteiger partial charge in [-0.1, -0.05) is 30.3 Å². The third-order valence-corrected chi connectivity index (χ3v) is 10.1. The topological polar surface area (TPSA) is 96.4 Å². The summed E-state index contributed by atoms with van der Waals surface area (Å²) in [5, 5.41) is 11.0. The third kappa shape index (κ3) is 6.22. The standard InChI is InChI=1S/C29H40N2O6S/c1-21-18-26(36-4)22(2)23(3)28(21)38(34,35)31(19-24-10-11-24)16-17-37-20-27(32)30-14-12-29(33,13-15-30)25-8-6-5-7-9-25/h5-9,18,24,33H,10-17,19-20H2,1-4H3. The van der Waals surface area contributed by atoms with Crippen molar-refractivity contribution >= 4 is 15.9 Å². The van der Waals surface area contributed by atoms with E-state index in [1.165, 1.54) is 4.31 Å². The maximum Gasteiger partial charge on any atom is 0.248 e. The third-order valence-electron chi connectivity index (χ3n) is 7.92. The van der Waals surface area contributed by atoms with Crippen molar-refractivity contribution in [1.82, 2.24) is 9.21 Å². The Balaban J connectivity index is 1.34. The molecule has 0 spiro atoms. The van der Waals surface area contributed by atoms with Gasteiger partial charge in [0.1, 0.15) is 12.4 Å². The zero-order valence-electron chi connectivity index (χ0n) is 22.9. The fourth-order valence-electron chi connectivity index (χ4n) is 5.24. The molecule has 4 rings (SSSR count). The Labute approximate surface area is 226 Å². The van der Waals surface area contributed by atoms with Crippen LogP contribution in [0.15, 0.2) is 41.3 Å². The van der Waals surface area contributed by atoms with E-state index in [2.05, 4.69) is 0 Å². The fraction of sp³-hybridized carbons (Fsp3) is 0.552. The SMILES string of the molecule is COc1cc(C)c(S(=O)(=O)N(CCOCC(=O)N2CCC(O)(c3ccccc3)CC2)CC2CC2)c(C)c1C. The first-order valence-corrected chi connectivity index (χ1v) is 14.8. The van der Waals surface area contributed by atoms with E-state index >= 15 is 0 Å². The number of aliphatic hydroxyl groups is 1. The lowest BCUT2D eigenvalue weighted by Crippen LogP contribution is -2.46. The van der Waals surface area contributed by atoms with Gasteiger partial charge in [-0.3, -0.25) is 4.79 Å². The zero-order chi connectivity index (χ0) is 27.5. The van der Waals surface area contributed by atoms with Crippen molar-refractivity contribution in [3.63, 3.8) is 0 Å². The van der Waals surface area contributed by atoms with Gasteiger partial charge in [0.25, 0.3) is 0 Å². The first-order valence-electron chi connectivity index (χ1n) is 13.3. The highest BCUT2D eigenvalue weighted by atomic mass is 32.2. The Hall–Kier alpha value is -2.46.